The lowest BCUT2D eigenvalue weighted by Crippen LogP contribution is -2.25. The fourth-order valence-corrected chi connectivity index (χ4v) is 1.62. The van der Waals surface area contributed by atoms with Crippen molar-refractivity contribution in [1.29, 1.82) is 0 Å². The molecular weight excluding hydrogens is 198 g/mol. The first-order valence-corrected chi connectivity index (χ1v) is 5.01. The molecule has 0 saturated heterocycles. The molecule has 1 rings (SSSR count). The highest BCUT2D eigenvalue weighted by molar-refractivity contribution is 6.31. The van der Waals surface area contributed by atoms with Gasteiger partial charge >= 0.3 is 0 Å². The molecule has 14 heavy (non-hydrogen) atoms. The van der Waals surface area contributed by atoms with Crippen LogP contribution in [0.3, 0.4) is 0 Å². The molecule has 0 saturated carbocycles. The van der Waals surface area contributed by atoms with E-state index in [1.165, 1.54) is 0 Å². The van der Waals surface area contributed by atoms with Crippen LogP contribution in [-0.2, 0) is 0 Å². The van der Waals surface area contributed by atoms with E-state index in [0.29, 0.717) is 5.02 Å². The van der Waals surface area contributed by atoms with Crippen molar-refractivity contribution in [2.75, 3.05) is 0 Å². The number of aliphatic hydroxyl groups is 1. The predicted octanol–water partition coefficient (Wildman–Crippen LogP) is 2.34. The van der Waals surface area contributed by atoms with Gasteiger partial charge in [-0.05, 0) is 43.5 Å². The van der Waals surface area contributed by atoms with Crippen LogP contribution in [0.4, 0.5) is 0 Å². The van der Waals surface area contributed by atoms with E-state index in [1.54, 1.807) is 13.0 Å². The zero-order valence-electron chi connectivity index (χ0n) is 8.71. The second-order valence-electron chi connectivity index (χ2n) is 3.76. The van der Waals surface area contributed by atoms with E-state index in [9.17, 15) is 5.11 Å². The van der Waals surface area contributed by atoms with Crippen LogP contribution in [0.5, 0.6) is 0 Å². The first-order chi connectivity index (χ1) is 6.43. The molecule has 0 aromatic heterocycles. The highest BCUT2D eigenvalue weighted by Crippen LogP contribution is 2.26. The summed E-state index contributed by atoms with van der Waals surface area (Å²) >= 11 is 5.98. The number of hydrogen-bond acceptors (Lipinski definition) is 2. The van der Waals surface area contributed by atoms with Gasteiger partial charge in [0, 0.05) is 11.1 Å². The lowest BCUT2D eigenvalue weighted by atomic mass is 9.97. The Balaban J connectivity index is 3.15. The number of rotatable bonds is 2. The fourth-order valence-electron chi connectivity index (χ4n) is 1.44. The molecule has 0 aliphatic carbocycles. The SMILES string of the molecule is Cc1cc(C)c(C(O)C(C)N)cc1Cl. The maximum Gasteiger partial charge on any atom is 0.0941 e. The van der Waals surface area contributed by atoms with Crippen molar-refractivity contribution in [2.24, 2.45) is 5.73 Å². The van der Waals surface area contributed by atoms with E-state index in [0.717, 1.165) is 16.7 Å². The van der Waals surface area contributed by atoms with E-state index < -0.39 is 6.10 Å². The Morgan fingerprint density at radius 2 is 1.86 bits per heavy atom. The summed E-state index contributed by atoms with van der Waals surface area (Å²) in [6.07, 6.45) is -0.645. The van der Waals surface area contributed by atoms with Crippen molar-refractivity contribution in [3.63, 3.8) is 0 Å². The number of nitrogens with two attached hydrogens (primary N) is 1. The number of aryl methyl sites for hydroxylation is 2. The summed E-state index contributed by atoms with van der Waals surface area (Å²) in [6.45, 7) is 5.67. The predicted molar refractivity (Wildman–Crippen MR) is 59.5 cm³/mol. The Morgan fingerprint density at radius 3 is 2.36 bits per heavy atom. The highest BCUT2D eigenvalue weighted by atomic mass is 35.5. The number of hydrogen-bond donors (Lipinski definition) is 2. The van der Waals surface area contributed by atoms with Gasteiger partial charge < -0.3 is 10.8 Å². The first kappa shape index (κ1) is 11.5. The summed E-state index contributed by atoms with van der Waals surface area (Å²) in [7, 11) is 0. The standard InChI is InChI=1S/C11H16ClNO/c1-6-4-7(2)10(12)5-9(6)11(14)8(3)13/h4-5,8,11,14H,13H2,1-3H3. The van der Waals surface area contributed by atoms with Crippen molar-refractivity contribution in [3.05, 3.63) is 33.8 Å². The van der Waals surface area contributed by atoms with Gasteiger partial charge in [-0.25, -0.2) is 0 Å². The quantitative estimate of drug-likeness (QED) is 0.792. The highest BCUT2D eigenvalue weighted by Gasteiger charge is 2.15. The first-order valence-electron chi connectivity index (χ1n) is 4.63. The summed E-state index contributed by atoms with van der Waals surface area (Å²) in [6, 6.07) is 3.47. The Bertz CT molecular complexity index is 336. The average Bonchev–Trinajstić information content (AvgIpc) is 2.10. The zero-order chi connectivity index (χ0) is 10.9. The van der Waals surface area contributed by atoms with Gasteiger partial charge in [0.25, 0.3) is 0 Å². The van der Waals surface area contributed by atoms with Crippen LogP contribution >= 0.6 is 11.6 Å². The van der Waals surface area contributed by atoms with Gasteiger partial charge in [-0.2, -0.15) is 0 Å². The molecule has 2 atom stereocenters. The van der Waals surface area contributed by atoms with E-state index in [1.807, 2.05) is 19.9 Å². The molecule has 0 aliphatic rings. The summed E-state index contributed by atoms with van der Waals surface area (Å²) in [5, 5.41) is 10.5. The normalized spacial score (nSPS) is 15.3. The third kappa shape index (κ3) is 2.27. The van der Waals surface area contributed by atoms with Crippen LogP contribution in [0.25, 0.3) is 0 Å². The maximum atomic E-state index is 9.81. The average molecular weight is 214 g/mol. The molecule has 3 heteroatoms. The minimum Gasteiger partial charge on any atom is -0.387 e. The van der Waals surface area contributed by atoms with E-state index >= 15 is 0 Å². The molecule has 0 fully saturated rings. The van der Waals surface area contributed by atoms with Crippen molar-refractivity contribution in [3.8, 4) is 0 Å². The molecule has 2 unspecified atom stereocenters. The minimum atomic E-state index is -0.645. The van der Waals surface area contributed by atoms with Crippen molar-refractivity contribution in [2.45, 2.75) is 32.9 Å². The third-order valence-corrected chi connectivity index (χ3v) is 2.77. The van der Waals surface area contributed by atoms with Crippen molar-refractivity contribution in [1.82, 2.24) is 0 Å². The molecular formula is C11H16ClNO. The van der Waals surface area contributed by atoms with Gasteiger partial charge in [0.15, 0.2) is 0 Å². The van der Waals surface area contributed by atoms with Crippen LogP contribution in [0.1, 0.15) is 29.7 Å². The Labute approximate surface area is 89.7 Å². The van der Waals surface area contributed by atoms with Crippen LogP contribution < -0.4 is 5.73 Å². The lowest BCUT2D eigenvalue weighted by molar-refractivity contribution is 0.152. The van der Waals surface area contributed by atoms with Crippen molar-refractivity contribution < 1.29 is 5.11 Å². The smallest absolute Gasteiger partial charge is 0.0941 e. The van der Waals surface area contributed by atoms with Crippen molar-refractivity contribution >= 4 is 11.6 Å². The van der Waals surface area contributed by atoms with Crippen LogP contribution in [0.15, 0.2) is 12.1 Å². The molecule has 0 radical (unpaired) electrons. The summed E-state index contributed by atoms with van der Waals surface area (Å²) in [5.74, 6) is 0. The molecule has 3 N–H and O–H groups in total. The molecule has 1 aromatic carbocycles. The van der Waals surface area contributed by atoms with Crippen LogP contribution in [0, 0.1) is 13.8 Å². The van der Waals surface area contributed by atoms with E-state index in [-0.39, 0.29) is 6.04 Å². The lowest BCUT2D eigenvalue weighted by Gasteiger charge is -2.18. The monoisotopic (exact) mass is 213 g/mol. The minimum absolute atomic E-state index is 0.285. The van der Waals surface area contributed by atoms with E-state index in [4.69, 9.17) is 17.3 Å². The number of aliphatic hydroxyl groups excluding tert-OH is 1. The molecule has 0 amide bonds. The Kier molecular flexibility index (Phi) is 3.53. The van der Waals surface area contributed by atoms with Gasteiger partial charge in [0.2, 0.25) is 0 Å². The molecule has 78 valence electrons. The number of halogens is 1. The summed E-state index contributed by atoms with van der Waals surface area (Å²) in [4.78, 5) is 0. The van der Waals surface area contributed by atoms with E-state index in [2.05, 4.69) is 0 Å². The topological polar surface area (TPSA) is 46.2 Å². The Morgan fingerprint density at radius 1 is 1.29 bits per heavy atom. The van der Waals surface area contributed by atoms with Gasteiger partial charge in [0.1, 0.15) is 0 Å². The molecule has 2 nitrogen and oxygen atoms in total. The van der Waals surface area contributed by atoms with Gasteiger partial charge in [0.05, 0.1) is 6.10 Å². The largest absolute Gasteiger partial charge is 0.387 e. The molecule has 0 spiro atoms. The van der Waals surface area contributed by atoms with Gasteiger partial charge in [-0.15, -0.1) is 0 Å². The third-order valence-electron chi connectivity index (χ3n) is 2.36. The summed E-state index contributed by atoms with van der Waals surface area (Å²) < 4.78 is 0. The molecule has 0 aliphatic heterocycles. The zero-order valence-corrected chi connectivity index (χ0v) is 9.47. The van der Waals surface area contributed by atoms with Gasteiger partial charge in [-0.1, -0.05) is 17.7 Å². The molecule has 0 heterocycles. The van der Waals surface area contributed by atoms with Crippen LogP contribution in [0.2, 0.25) is 5.02 Å². The second kappa shape index (κ2) is 4.30. The summed E-state index contributed by atoms with van der Waals surface area (Å²) in [5.41, 5.74) is 8.49. The maximum absolute atomic E-state index is 9.81. The fraction of sp³-hybridized carbons (Fsp3) is 0.455. The number of benzene rings is 1. The van der Waals surface area contributed by atoms with Crippen LogP contribution in [-0.4, -0.2) is 11.1 Å². The second-order valence-corrected chi connectivity index (χ2v) is 4.17. The van der Waals surface area contributed by atoms with Gasteiger partial charge in [-0.3, -0.25) is 0 Å². The molecule has 1 aromatic rings. The molecule has 0 bridgehead atoms. The Hall–Kier alpha value is -0.570.